The average Bonchev–Trinajstić information content (AvgIpc) is 3.81. The fraction of sp³-hybridized carbons (Fsp3) is 0.588. The second kappa shape index (κ2) is 13.2. The van der Waals surface area contributed by atoms with Crippen molar-refractivity contribution in [3.05, 3.63) is 56.3 Å². The number of anilines is 1. The first-order valence-corrected chi connectivity index (χ1v) is 17.3. The lowest BCUT2D eigenvalue weighted by Gasteiger charge is -2.37. The number of hydrogen-bond acceptors (Lipinski definition) is 10. The Labute approximate surface area is 286 Å². The Morgan fingerprint density at radius 2 is 1.94 bits per heavy atom. The Morgan fingerprint density at radius 1 is 1.13 bits per heavy atom. The number of aromatic nitrogens is 2. The van der Waals surface area contributed by atoms with Crippen LogP contribution in [0.1, 0.15) is 48.1 Å². The maximum absolute atomic E-state index is 12.6. The van der Waals surface area contributed by atoms with Gasteiger partial charge in [-0.3, -0.25) is 14.7 Å². The van der Waals surface area contributed by atoms with Crippen LogP contribution in [-0.4, -0.2) is 105 Å². The highest BCUT2D eigenvalue weighted by molar-refractivity contribution is 6.45. The molecule has 1 aromatic carbocycles. The molecule has 252 valence electrons. The van der Waals surface area contributed by atoms with Crippen molar-refractivity contribution in [3.63, 3.8) is 0 Å². The zero-order valence-corrected chi connectivity index (χ0v) is 28.7. The Hall–Kier alpha value is -2.96. The Kier molecular flexibility index (Phi) is 9.12. The standard InChI is InChI=1S/C34H43Cl2N7O4/c1-41(2)31(44)29(37)28(36)27-18-43(12-4-11-38-27)30-23-19-47-34(8-7-22-24(34)5-3-6-25(22)35)17-26(23)39-32(40-30)46-21-33(9-10-33)20-42-13-15-45-16-14-42/h3,5-6H,4,7-21,37H2,1-2H3/t34-/m0/s1. The van der Waals surface area contributed by atoms with Crippen LogP contribution in [0.4, 0.5) is 5.82 Å². The van der Waals surface area contributed by atoms with Gasteiger partial charge < -0.3 is 29.7 Å². The van der Waals surface area contributed by atoms with Crippen molar-refractivity contribution in [1.82, 2.24) is 19.8 Å². The lowest BCUT2D eigenvalue weighted by atomic mass is 9.87. The highest BCUT2D eigenvalue weighted by Crippen LogP contribution is 2.49. The molecule has 1 amide bonds. The summed E-state index contributed by atoms with van der Waals surface area (Å²) in [7, 11) is 3.29. The highest BCUT2D eigenvalue weighted by atomic mass is 35.5. The number of morpholine rings is 1. The molecule has 0 radical (unpaired) electrons. The average molecular weight is 685 g/mol. The van der Waals surface area contributed by atoms with E-state index in [1.165, 1.54) is 4.90 Å². The third-order valence-electron chi connectivity index (χ3n) is 10.2. The van der Waals surface area contributed by atoms with Crippen molar-refractivity contribution in [3.8, 4) is 6.01 Å². The molecule has 1 aromatic heterocycles. The summed E-state index contributed by atoms with van der Waals surface area (Å²) in [5.41, 5.74) is 10.5. The molecule has 3 aliphatic heterocycles. The minimum absolute atomic E-state index is 0.0233. The van der Waals surface area contributed by atoms with E-state index in [9.17, 15) is 4.79 Å². The third-order valence-corrected chi connectivity index (χ3v) is 10.9. The number of benzene rings is 1. The molecule has 1 saturated carbocycles. The van der Waals surface area contributed by atoms with Crippen molar-refractivity contribution < 1.29 is 19.0 Å². The van der Waals surface area contributed by atoms with Crippen molar-refractivity contribution in [2.75, 3.05) is 78.1 Å². The first-order valence-electron chi connectivity index (χ1n) is 16.6. The summed E-state index contributed by atoms with van der Waals surface area (Å²) in [5.74, 6) is 0.393. The SMILES string of the molecule is CN(C)C(=O)C(N)=C(Cl)C1=NCCCN(c2nc(OCC3(CN4CCOCC4)CC3)nc3c2CO[C@@]2(CCc4c(Cl)cccc42)C3)C1. The van der Waals surface area contributed by atoms with Gasteiger partial charge in [0.2, 0.25) is 0 Å². The van der Waals surface area contributed by atoms with Crippen LogP contribution < -0.4 is 15.4 Å². The van der Waals surface area contributed by atoms with E-state index in [2.05, 4.69) is 15.9 Å². The number of ether oxygens (including phenoxy) is 3. The summed E-state index contributed by atoms with van der Waals surface area (Å²) >= 11 is 13.3. The minimum atomic E-state index is -0.497. The first kappa shape index (κ1) is 32.6. The molecule has 0 bridgehead atoms. The van der Waals surface area contributed by atoms with E-state index >= 15 is 0 Å². The summed E-state index contributed by atoms with van der Waals surface area (Å²) in [5, 5.41) is 0.952. The van der Waals surface area contributed by atoms with E-state index in [-0.39, 0.29) is 22.1 Å². The smallest absolute Gasteiger partial charge is 0.318 e. The molecule has 2 N–H and O–H groups in total. The van der Waals surface area contributed by atoms with Crippen LogP contribution >= 0.6 is 23.2 Å². The summed E-state index contributed by atoms with van der Waals surface area (Å²) in [6.45, 7) is 6.96. The van der Waals surface area contributed by atoms with E-state index < -0.39 is 5.60 Å². The van der Waals surface area contributed by atoms with Gasteiger partial charge in [-0.15, -0.1) is 0 Å². The normalized spacial score (nSPS) is 24.2. The first-order chi connectivity index (χ1) is 22.7. The number of aliphatic imine (C=N–C) groups is 1. The monoisotopic (exact) mass is 683 g/mol. The number of likely N-dealkylation sites (N-methyl/N-ethyl adjacent to an activating group) is 1. The number of rotatable bonds is 8. The summed E-state index contributed by atoms with van der Waals surface area (Å²) in [4.78, 5) is 33.5. The van der Waals surface area contributed by atoms with Gasteiger partial charge in [-0.05, 0) is 49.3 Å². The molecule has 11 nitrogen and oxygen atoms in total. The van der Waals surface area contributed by atoms with Gasteiger partial charge in [0.15, 0.2) is 0 Å². The van der Waals surface area contributed by atoms with E-state index in [1.807, 2.05) is 12.1 Å². The number of halogens is 2. The van der Waals surface area contributed by atoms with Crippen LogP contribution in [0.5, 0.6) is 6.01 Å². The molecule has 13 heteroatoms. The fourth-order valence-electron chi connectivity index (χ4n) is 7.25. The zero-order valence-electron chi connectivity index (χ0n) is 27.2. The Bertz CT molecular complexity index is 1600. The fourth-order valence-corrected chi connectivity index (χ4v) is 7.72. The van der Waals surface area contributed by atoms with Crippen molar-refractivity contribution >= 4 is 40.6 Å². The highest BCUT2D eigenvalue weighted by Gasteiger charge is 2.47. The van der Waals surface area contributed by atoms with Crippen LogP contribution in [0.3, 0.4) is 0 Å². The molecule has 4 heterocycles. The van der Waals surface area contributed by atoms with Gasteiger partial charge in [0.1, 0.15) is 11.5 Å². The number of amides is 1. The van der Waals surface area contributed by atoms with Crippen LogP contribution in [0.25, 0.3) is 0 Å². The molecule has 5 aliphatic rings. The molecule has 2 aromatic rings. The van der Waals surface area contributed by atoms with Gasteiger partial charge in [-0.25, -0.2) is 0 Å². The lowest BCUT2D eigenvalue weighted by Crippen LogP contribution is -2.41. The Morgan fingerprint density at radius 3 is 2.70 bits per heavy atom. The van der Waals surface area contributed by atoms with E-state index in [4.69, 9.17) is 58.1 Å². The summed E-state index contributed by atoms with van der Waals surface area (Å²) in [6, 6.07) is 6.45. The molecule has 47 heavy (non-hydrogen) atoms. The van der Waals surface area contributed by atoms with Crippen molar-refractivity contribution in [2.45, 2.75) is 50.7 Å². The van der Waals surface area contributed by atoms with Gasteiger partial charge >= 0.3 is 6.01 Å². The largest absolute Gasteiger partial charge is 0.463 e. The van der Waals surface area contributed by atoms with Gasteiger partial charge in [0, 0.05) is 69.2 Å². The van der Waals surface area contributed by atoms with Gasteiger partial charge in [0.05, 0.1) is 55.0 Å². The number of fused-ring (bicyclic) bond motifs is 3. The number of carbonyl (C=O) groups is 1. The molecule has 0 unspecified atom stereocenters. The second-order valence-electron chi connectivity index (χ2n) is 13.7. The van der Waals surface area contributed by atoms with E-state index in [0.29, 0.717) is 51.0 Å². The van der Waals surface area contributed by atoms with Crippen molar-refractivity contribution in [2.24, 2.45) is 16.1 Å². The van der Waals surface area contributed by atoms with Gasteiger partial charge in [-0.2, -0.15) is 9.97 Å². The molecule has 1 atom stereocenters. The van der Waals surface area contributed by atoms with Crippen LogP contribution in [0, 0.1) is 5.41 Å². The topological polar surface area (TPSA) is 119 Å². The molecular weight excluding hydrogens is 641 g/mol. The number of nitrogens with zero attached hydrogens (tertiary/aromatic N) is 6. The number of hydrogen-bond donors (Lipinski definition) is 1. The lowest BCUT2D eigenvalue weighted by molar-refractivity contribution is -0.124. The predicted molar refractivity (Wildman–Crippen MR) is 181 cm³/mol. The second-order valence-corrected chi connectivity index (χ2v) is 14.5. The maximum atomic E-state index is 12.6. The van der Waals surface area contributed by atoms with E-state index in [1.54, 1.807) is 14.1 Å². The number of nitrogens with two attached hydrogens (primary N) is 1. The molecule has 7 rings (SSSR count). The summed E-state index contributed by atoms with van der Waals surface area (Å²) in [6.07, 6.45) is 5.33. The maximum Gasteiger partial charge on any atom is 0.318 e. The van der Waals surface area contributed by atoms with E-state index in [0.717, 1.165) is 98.2 Å². The predicted octanol–water partition coefficient (Wildman–Crippen LogP) is 3.68. The molecule has 2 fully saturated rings. The Balaban J connectivity index is 1.20. The van der Waals surface area contributed by atoms with Crippen LogP contribution in [0.2, 0.25) is 5.02 Å². The van der Waals surface area contributed by atoms with Crippen LogP contribution in [-0.2, 0) is 39.3 Å². The van der Waals surface area contributed by atoms with Crippen LogP contribution in [0.15, 0.2) is 33.9 Å². The third kappa shape index (κ3) is 6.57. The van der Waals surface area contributed by atoms with Crippen molar-refractivity contribution in [1.29, 1.82) is 0 Å². The quantitative estimate of drug-likeness (QED) is 0.416. The molecular formula is C34H43Cl2N7O4. The molecule has 1 spiro atoms. The molecule has 1 saturated heterocycles. The zero-order chi connectivity index (χ0) is 32.8. The minimum Gasteiger partial charge on any atom is -0.463 e. The van der Waals surface area contributed by atoms with Gasteiger partial charge in [0.25, 0.3) is 5.91 Å². The summed E-state index contributed by atoms with van der Waals surface area (Å²) < 4.78 is 18.8. The molecule has 2 aliphatic carbocycles. The van der Waals surface area contributed by atoms with Gasteiger partial charge in [-0.1, -0.05) is 35.3 Å². The number of carbonyl (C=O) groups excluding carboxylic acids is 1.